The predicted octanol–water partition coefficient (Wildman–Crippen LogP) is 5.98. The fourth-order valence-corrected chi connectivity index (χ4v) is 6.51. The lowest BCUT2D eigenvalue weighted by atomic mass is 10.2. The van der Waals surface area contributed by atoms with E-state index in [1.807, 2.05) is 13.8 Å². The van der Waals surface area contributed by atoms with Crippen molar-refractivity contribution in [2.24, 2.45) is 0 Å². The molecule has 1 N–H and O–H groups in total. The summed E-state index contributed by atoms with van der Waals surface area (Å²) in [6, 6.07) is 0. The normalized spacial score (nSPS) is 17.7. The molecule has 2 heterocycles. The molecule has 0 spiro atoms. The Hall–Kier alpha value is -1.73. The molecule has 1 unspecified atom stereocenters. The summed E-state index contributed by atoms with van der Waals surface area (Å²) in [4.78, 5) is 23.8. The highest BCUT2D eigenvalue weighted by Gasteiger charge is 2.38. The van der Waals surface area contributed by atoms with Crippen LogP contribution in [0.5, 0.6) is 5.88 Å². The maximum atomic E-state index is 12.1. The van der Waals surface area contributed by atoms with E-state index in [-0.39, 0.29) is 6.54 Å². The summed E-state index contributed by atoms with van der Waals surface area (Å²) >= 11 is 1.17. The van der Waals surface area contributed by atoms with Gasteiger partial charge in [-0.15, -0.1) is 4.37 Å². The van der Waals surface area contributed by atoms with Crippen LogP contribution in [-0.2, 0) is 14.3 Å². The summed E-state index contributed by atoms with van der Waals surface area (Å²) in [6.07, 6.45) is 9.29. The number of carbonyl (C=O) groups excluding carboxylic acids is 2. The number of nitrogens with zero attached hydrogens (tertiary/aromatic N) is 2. The second kappa shape index (κ2) is 15.3. The maximum Gasteiger partial charge on any atom is 0.408 e. The number of ether oxygens (including phenoxy) is 3. The van der Waals surface area contributed by atoms with Gasteiger partial charge in [-0.2, -0.15) is 4.37 Å². The number of esters is 1. The van der Waals surface area contributed by atoms with Crippen LogP contribution in [0, 0.1) is 0 Å². The first-order valence-corrected chi connectivity index (χ1v) is 15.7. The minimum Gasteiger partial charge on any atom is -0.475 e. The largest absolute Gasteiger partial charge is 0.475 e. The lowest BCUT2D eigenvalue weighted by molar-refractivity contribution is -0.140. The Morgan fingerprint density at radius 2 is 1.91 bits per heavy atom. The molecule has 0 fully saturated rings. The molecule has 194 valence electrons. The van der Waals surface area contributed by atoms with Crippen LogP contribution in [-0.4, -0.2) is 64.9 Å². The van der Waals surface area contributed by atoms with Gasteiger partial charge in [-0.3, -0.25) is 4.79 Å². The Balaban J connectivity index is 0.00000281. The third kappa shape index (κ3) is 11.6. The van der Waals surface area contributed by atoms with Gasteiger partial charge in [0.2, 0.25) is 0 Å². The molecule has 0 bridgehead atoms. The highest BCUT2D eigenvalue weighted by molar-refractivity contribution is 7.75. The number of hydrogen-bond acceptors (Lipinski definition) is 8. The van der Waals surface area contributed by atoms with Gasteiger partial charge in [0.1, 0.15) is 17.8 Å². The summed E-state index contributed by atoms with van der Waals surface area (Å²) in [7, 11) is -1.53. The van der Waals surface area contributed by atoms with Crippen LogP contribution in [0.4, 0.5) is 4.79 Å². The standard InChI is InChI=1S/C22H36N3O5PS.C2H6/c1-6-7-8-9-12-28-20-19(24-32-25-20)17-11-10-13-31(5,15-17)16-29-18(26)14-23-21(27)30-22(2,3)4;1-2/h11H,6-10,12-16H2,1-5H3;1-2H3/p+1. The van der Waals surface area contributed by atoms with Crippen LogP contribution in [0.15, 0.2) is 6.08 Å². The lowest BCUT2D eigenvalue weighted by Crippen LogP contribution is -2.36. The van der Waals surface area contributed by atoms with Gasteiger partial charge in [-0.05, 0) is 33.6 Å². The summed E-state index contributed by atoms with van der Waals surface area (Å²) in [5.41, 5.74) is 1.35. The van der Waals surface area contributed by atoms with E-state index >= 15 is 0 Å². The molecule has 1 aromatic rings. The number of carbonyl (C=O) groups is 2. The monoisotopic (exact) mass is 516 g/mol. The molecule has 34 heavy (non-hydrogen) atoms. The topological polar surface area (TPSA) is 99.6 Å². The molecule has 0 saturated heterocycles. The van der Waals surface area contributed by atoms with Gasteiger partial charge in [0.25, 0.3) is 5.88 Å². The zero-order chi connectivity index (χ0) is 25.6. The number of nitrogens with one attached hydrogen (secondary N) is 1. The second-order valence-electron chi connectivity index (χ2n) is 9.35. The number of aromatic nitrogens is 2. The highest BCUT2D eigenvalue weighted by atomic mass is 32.1. The smallest absolute Gasteiger partial charge is 0.408 e. The number of alkyl carbamates (subject to hydrolysis) is 1. The first kappa shape index (κ1) is 30.3. The van der Waals surface area contributed by atoms with Crippen LogP contribution >= 0.6 is 19.0 Å². The number of hydrogen-bond donors (Lipinski definition) is 1. The van der Waals surface area contributed by atoms with Crippen molar-refractivity contribution in [3.8, 4) is 5.88 Å². The van der Waals surface area contributed by atoms with Gasteiger partial charge in [0.05, 0.1) is 44.6 Å². The first-order chi connectivity index (χ1) is 16.1. The summed E-state index contributed by atoms with van der Waals surface area (Å²) in [5, 5.41) is 2.44. The fraction of sp³-hybridized carbons (Fsp3) is 0.750. The summed E-state index contributed by atoms with van der Waals surface area (Å²) < 4.78 is 25.4. The molecule has 1 amide bonds. The van der Waals surface area contributed by atoms with Crippen LogP contribution < -0.4 is 10.1 Å². The van der Waals surface area contributed by atoms with Crippen molar-refractivity contribution >= 4 is 36.6 Å². The molecule has 1 aromatic heterocycles. The lowest BCUT2D eigenvalue weighted by Gasteiger charge is -2.26. The van der Waals surface area contributed by atoms with Crippen molar-refractivity contribution in [2.45, 2.75) is 79.2 Å². The third-order valence-electron chi connectivity index (χ3n) is 4.92. The quantitative estimate of drug-likeness (QED) is 0.219. The third-order valence-corrected chi connectivity index (χ3v) is 8.63. The van der Waals surface area contributed by atoms with E-state index in [1.54, 1.807) is 20.8 Å². The Bertz CT molecular complexity index is 794. The van der Waals surface area contributed by atoms with Gasteiger partial charge in [-0.1, -0.05) is 46.1 Å². The minimum atomic E-state index is -1.53. The predicted molar refractivity (Wildman–Crippen MR) is 141 cm³/mol. The number of rotatable bonds is 11. The van der Waals surface area contributed by atoms with Crippen molar-refractivity contribution in [2.75, 3.05) is 38.5 Å². The van der Waals surface area contributed by atoms with Crippen molar-refractivity contribution in [3.05, 3.63) is 11.8 Å². The Kier molecular flexibility index (Phi) is 13.6. The van der Waals surface area contributed by atoms with E-state index in [2.05, 4.69) is 33.7 Å². The number of amides is 1. The minimum absolute atomic E-state index is 0.205. The zero-order valence-corrected chi connectivity index (χ0v) is 23.7. The maximum absolute atomic E-state index is 12.1. The molecule has 8 nitrogen and oxygen atoms in total. The molecule has 2 rings (SSSR count). The summed E-state index contributed by atoms with van der Waals surface area (Å²) in [6.45, 7) is 14.2. The SMILES string of the molecule is CC.CCCCCCOc1nsnc1C1=CCC[P+](C)(COC(=O)CNC(=O)OC(C)(C)C)C1. The van der Waals surface area contributed by atoms with Crippen molar-refractivity contribution in [3.63, 3.8) is 0 Å². The number of allylic oxidation sites excluding steroid dienone is 2. The molecule has 0 aromatic carbocycles. The van der Waals surface area contributed by atoms with Crippen molar-refractivity contribution in [1.29, 1.82) is 0 Å². The molecule has 1 aliphatic heterocycles. The van der Waals surface area contributed by atoms with E-state index in [9.17, 15) is 9.59 Å². The van der Waals surface area contributed by atoms with Crippen molar-refractivity contribution in [1.82, 2.24) is 14.1 Å². The zero-order valence-electron chi connectivity index (χ0n) is 21.9. The van der Waals surface area contributed by atoms with E-state index in [1.165, 1.54) is 24.6 Å². The van der Waals surface area contributed by atoms with Crippen LogP contribution in [0.3, 0.4) is 0 Å². The molecule has 0 aliphatic carbocycles. The molecular formula is C24H43N3O5PS+. The average Bonchev–Trinajstić information content (AvgIpc) is 3.25. The highest BCUT2D eigenvalue weighted by Crippen LogP contribution is 2.60. The second-order valence-corrected chi connectivity index (χ2v) is 14.1. The van der Waals surface area contributed by atoms with Gasteiger partial charge >= 0.3 is 12.1 Å². The van der Waals surface area contributed by atoms with Gasteiger partial charge in [-0.25, -0.2) is 4.79 Å². The van der Waals surface area contributed by atoms with Gasteiger partial charge in [0.15, 0.2) is 6.35 Å². The molecule has 1 aliphatic rings. The van der Waals surface area contributed by atoms with E-state index in [0.29, 0.717) is 18.8 Å². The first-order valence-electron chi connectivity index (χ1n) is 12.2. The van der Waals surface area contributed by atoms with Crippen LogP contribution in [0.1, 0.15) is 79.3 Å². The molecule has 0 radical (unpaired) electrons. The Morgan fingerprint density at radius 3 is 2.59 bits per heavy atom. The molecule has 0 saturated carbocycles. The van der Waals surface area contributed by atoms with Crippen LogP contribution in [0.25, 0.3) is 5.57 Å². The van der Waals surface area contributed by atoms with E-state index in [4.69, 9.17) is 14.2 Å². The molecule has 1 atom stereocenters. The Morgan fingerprint density at radius 1 is 1.18 bits per heavy atom. The Labute approximate surface area is 209 Å². The average molecular weight is 517 g/mol. The number of unbranched alkanes of at least 4 members (excludes halogenated alkanes) is 3. The van der Waals surface area contributed by atoms with Crippen LogP contribution in [0.2, 0.25) is 0 Å². The van der Waals surface area contributed by atoms with Gasteiger partial charge in [0, 0.05) is 5.57 Å². The van der Waals surface area contributed by atoms with Crippen molar-refractivity contribution < 1.29 is 23.8 Å². The molecular weight excluding hydrogens is 473 g/mol. The van der Waals surface area contributed by atoms with E-state index in [0.717, 1.165) is 42.9 Å². The summed E-state index contributed by atoms with van der Waals surface area (Å²) in [5.74, 6) is 0.157. The van der Waals surface area contributed by atoms with Gasteiger partial charge < -0.3 is 19.5 Å². The molecule has 10 heteroatoms. The fourth-order valence-electron chi connectivity index (χ4n) is 3.29. The van der Waals surface area contributed by atoms with E-state index < -0.39 is 24.9 Å².